The molecule has 218 valence electrons. The number of carbonyl (C=O) groups excluding carboxylic acids is 2. The molecular weight excluding hydrogens is 534 g/mol. The minimum absolute atomic E-state index is 0.0826. The molecule has 3 aromatic carbocycles. The number of rotatable bonds is 11. The number of hydrogen-bond acceptors (Lipinski definition) is 4. The Morgan fingerprint density at radius 3 is 2.22 bits per heavy atom. The lowest BCUT2D eigenvalue weighted by atomic mass is 10.0. The van der Waals surface area contributed by atoms with Gasteiger partial charge in [-0.25, -0.2) is 8.42 Å². The fraction of sp³-hybridized carbons (Fsp3) is 0.394. The molecule has 3 aromatic rings. The van der Waals surface area contributed by atoms with Gasteiger partial charge in [0, 0.05) is 19.0 Å². The van der Waals surface area contributed by atoms with Crippen LogP contribution in [0, 0.1) is 20.8 Å². The highest BCUT2D eigenvalue weighted by Crippen LogP contribution is 2.26. The van der Waals surface area contributed by atoms with Crippen molar-refractivity contribution < 1.29 is 18.0 Å². The molecule has 1 N–H and O–H groups in total. The number of aryl methyl sites for hydroxylation is 2. The number of nitrogens with one attached hydrogen (secondary N) is 1. The van der Waals surface area contributed by atoms with Gasteiger partial charge in [0.2, 0.25) is 21.8 Å². The van der Waals surface area contributed by atoms with Crippen LogP contribution in [0.25, 0.3) is 0 Å². The van der Waals surface area contributed by atoms with Gasteiger partial charge < -0.3 is 10.2 Å². The molecule has 0 saturated heterocycles. The highest BCUT2D eigenvalue weighted by atomic mass is 32.2. The first-order chi connectivity index (χ1) is 19.5. The van der Waals surface area contributed by atoms with Crippen LogP contribution in [0.4, 0.5) is 5.69 Å². The molecule has 0 unspecified atom stereocenters. The molecule has 0 bridgehead atoms. The predicted octanol–water partition coefficient (Wildman–Crippen LogP) is 5.08. The molecule has 0 aliphatic heterocycles. The van der Waals surface area contributed by atoms with Gasteiger partial charge in [0.15, 0.2) is 0 Å². The first kappa shape index (κ1) is 30.3. The number of anilines is 1. The van der Waals surface area contributed by atoms with Gasteiger partial charge in [0.25, 0.3) is 0 Å². The van der Waals surface area contributed by atoms with Crippen molar-refractivity contribution in [1.29, 1.82) is 0 Å². The standard InChI is InChI=1S/C33H41N3O4S/c1-24-12-10-16-28(20-24)22-35(32(37)23-36(41(4,39)40)30-19-11-13-25(2)26(30)3)31(21-27-14-6-5-7-15-27)33(38)34-29-17-8-9-18-29/h5-7,10-16,19-20,29,31H,8-9,17-18,21-23H2,1-4H3,(H,34,38)/t31-/m1/s1. The summed E-state index contributed by atoms with van der Waals surface area (Å²) in [5.74, 6) is -0.639. The van der Waals surface area contributed by atoms with Crippen LogP contribution in [0.5, 0.6) is 0 Å². The second kappa shape index (κ2) is 13.3. The summed E-state index contributed by atoms with van der Waals surface area (Å²) in [6.07, 6.45) is 5.41. The van der Waals surface area contributed by atoms with E-state index in [9.17, 15) is 18.0 Å². The molecule has 0 heterocycles. The largest absolute Gasteiger partial charge is 0.352 e. The van der Waals surface area contributed by atoms with E-state index in [4.69, 9.17) is 0 Å². The molecule has 2 amide bonds. The fourth-order valence-corrected chi connectivity index (χ4v) is 6.43. The smallest absolute Gasteiger partial charge is 0.244 e. The Morgan fingerprint density at radius 2 is 1.56 bits per heavy atom. The zero-order chi connectivity index (χ0) is 29.6. The number of sulfonamides is 1. The van der Waals surface area contributed by atoms with Crippen LogP contribution in [-0.2, 0) is 32.6 Å². The van der Waals surface area contributed by atoms with Gasteiger partial charge in [-0.2, -0.15) is 0 Å². The second-order valence-corrected chi connectivity index (χ2v) is 13.1. The van der Waals surface area contributed by atoms with Crippen molar-refractivity contribution in [2.75, 3.05) is 17.1 Å². The Balaban J connectivity index is 1.74. The summed E-state index contributed by atoms with van der Waals surface area (Å²) in [5.41, 5.74) is 5.02. The van der Waals surface area contributed by atoms with Crippen LogP contribution < -0.4 is 9.62 Å². The molecule has 1 atom stereocenters. The summed E-state index contributed by atoms with van der Waals surface area (Å²) in [4.78, 5) is 29.8. The zero-order valence-corrected chi connectivity index (χ0v) is 25.3. The van der Waals surface area contributed by atoms with E-state index in [-0.39, 0.29) is 18.5 Å². The molecule has 1 aliphatic rings. The highest BCUT2D eigenvalue weighted by Gasteiger charge is 2.34. The predicted molar refractivity (Wildman–Crippen MR) is 164 cm³/mol. The van der Waals surface area contributed by atoms with E-state index in [1.54, 1.807) is 17.0 Å². The maximum Gasteiger partial charge on any atom is 0.244 e. The maximum atomic E-state index is 14.3. The van der Waals surface area contributed by atoms with Crippen LogP contribution in [0.2, 0.25) is 0 Å². The number of carbonyl (C=O) groups is 2. The third-order valence-corrected chi connectivity index (χ3v) is 9.06. The third kappa shape index (κ3) is 7.97. The van der Waals surface area contributed by atoms with Gasteiger partial charge in [-0.3, -0.25) is 13.9 Å². The quantitative estimate of drug-likeness (QED) is 0.346. The SMILES string of the molecule is Cc1cccc(CN(C(=O)CN(c2cccc(C)c2C)S(C)(=O)=O)[C@H](Cc2ccccc2)C(=O)NC2CCCC2)c1. The Bertz CT molecular complexity index is 1470. The molecule has 8 heteroatoms. The Morgan fingerprint density at radius 1 is 0.902 bits per heavy atom. The molecule has 1 fully saturated rings. The first-order valence-corrected chi connectivity index (χ1v) is 16.1. The third-order valence-electron chi connectivity index (χ3n) is 7.93. The van der Waals surface area contributed by atoms with Crippen molar-refractivity contribution in [3.8, 4) is 0 Å². The Hall–Kier alpha value is -3.65. The summed E-state index contributed by atoms with van der Waals surface area (Å²) >= 11 is 0. The molecule has 7 nitrogen and oxygen atoms in total. The van der Waals surface area contributed by atoms with E-state index in [2.05, 4.69) is 5.32 Å². The van der Waals surface area contributed by atoms with E-state index >= 15 is 0 Å². The van der Waals surface area contributed by atoms with Crippen molar-refractivity contribution >= 4 is 27.5 Å². The molecule has 0 radical (unpaired) electrons. The lowest BCUT2D eigenvalue weighted by Crippen LogP contribution is -2.54. The molecule has 4 rings (SSSR count). The molecule has 0 spiro atoms. The lowest BCUT2D eigenvalue weighted by molar-refractivity contribution is -0.140. The van der Waals surface area contributed by atoms with Crippen LogP contribution in [0.1, 0.15) is 53.5 Å². The lowest BCUT2D eigenvalue weighted by Gasteiger charge is -2.34. The summed E-state index contributed by atoms with van der Waals surface area (Å²) in [5, 5.41) is 3.20. The van der Waals surface area contributed by atoms with E-state index in [1.165, 1.54) is 0 Å². The maximum absolute atomic E-state index is 14.3. The summed E-state index contributed by atoms with van der Waals surface area (Å²) in [7, 11) is -3.80. The highest BCUT2D eigenvalue weighted by molar-refractivity contribution is 7.92. The second-order valence-electron chi connectivity index (χ2n) is 11.2. The first-order valence-electron chi connectivity index (χ1n) is 14.3. The van der Waals surface area contributed by atoms with Crippen molar-refractivity contribution in [3.63, 3.8) is 0 Å². The van der Waals surface area contributed by atoms with Crippen LogP contribution in [0.3, 0.4) is 0 Å². The Kier molecular flexibility index (Phi) is 9.86. The number of hydrogen-bond donors (Lipinski definition) is 1. The van der Waals surface area contributed by atoms with E-state index in [1.807, 2.05) is 81.4 Å². The normalized spacial score (nSPS) is 14.4. The van der Waals surface area contributed by atoms with Gasteiger partial charge in [0.1, 0.15) is 12.6 Å². The zero-order valence-electron chi connectivity index (χ0n) is 24.5. The van der Waals surface area contributed by atoms with Crippen LogP contribution in [0.15, 0.2) is 72.8 Å². The van der Waals surface area contributed by atoms with Crippen LogP contribution >= 0.6 is 0 Å². The van der Waals surface area contributed by atoms with E-state index in [0.717, 1.165) is 64.1 Å². The van der Waals surface area contributed by atoms with Gasteiger partial charge >= 0.3 is 0 Å². The molecular formula is C33H41N3O4S. The van der Waals surface area contributed by atoms with Gasteiger partial charge in [-0.05, 0) is 61.9 Å². The average Bonchev–Trinajstić information content (AvgIpc) is 3.44. The molecule has 1 saturated carbocycles. The summed E-state index contributed by atoms with van der Waals surface area (Å²) < 4.78 is 27.3. The van der Waals surface area contributed by atoms with Gasteiger partial charge in [0.05, 0.1) is 11.9 Å². The van der Waals surface area contributed by atoms with Crippen molar-refractivity contribution in [2.24, 2.45) is 0 Å². The minimum atomic E-state index is -3.80. The van der Waals surface area contributed by atoms with Gasteiger partial charge in [-0.15, -0.1) is 0 Å². The number of benzene rings is 3. The van der Waals surface area contributed by atoms with Crippen LogP contribution in [-0.4, -0.2) is 50.0 Å². The monoisotopic (exact) mass is 575 g/mol. The van der Waals surface area contributed by atoms with E-state index in [0.29, 0.717) is 12.1 Å². The molecule has 41 heavy (non-hydrogen) atoms. The Labute approximate surface area is 244 Å². The molecule has 0 aromatic heterocycles. The van der Waals surface area contributed by atoms with E-state index < -0.39 is 28.5 Å². The number of nitrogens with zero attached hydrogens (tertiary/aromatic N) is 2. The fourth-order valence-electron chi connectivity index (χ4n) is 5.53. The average molecular weight is 576 g/mol. The van der Waals surface area contributed by atoms with Gasteiger partial charge in [-0.1, -0.05) is 85.1 Å². The number of amides is 2. The minimum Gasteiger partial charge on any atom is -0.352 e. The topological polar surface area (TPSA) is 86.8 Å². The summed E-state index contributed by atoms with van der Waals surface area (Å²) in [6, 6.07) is 22.2. The summed E-state index contributed by atoms with van der Waals surface area (Å²) in [6.45, 7) is 5.52. The van der Waals surface area contributed by atoms with Crippen molar-refractivity contribution in [3.05, 3.63) is 101 Å². The molecule has 1 aliphatic carbocycles. The van der Waals surface area contributed by atoms with Crippen molar-refractivity contribution in [1.82, 2.24) is 10.2 Å². The van der Waals surface area contributed by atoms with Crippen molar-refractivity contribution in [2.45, 2.75) is 71.5 Å².